The Balaban J connectivity index is 1.22. The van der Waals surface area contributed by atoms with Crippen LogP contribution in [0.3, 0.4) is 0 Å². The minimum atomic E-state index is -4.70. The van der Waals surface area contributed by atoms with Crippen molar-refractivity contribution >= 4 is 41.3 Å². The molecule has 2 atom stereocenters. The number of hydrogen-bond acceptors (Lipinski definition) is 6. The summed E-state index contributed by atoms with van der Waals surface area (Å²) in [6.45, 7) is 7.21. The fourth-order valence-electron chi connectivity index (χ4n) is 7.01. The number of aliphatic hydroxyl groups is 1. The van der Waals surface area contributed by atoms with Crippen molar-refractivity contribution in [2.24, 2.45) is 5.92 Å². The molecular weight excluding hydrogens is 693 g/mol. The van der Waals surface area contributed by atoms with Gasteiger partial charge < -0.3 is 15.5 Å². The summed E-state index contributed by atoms with van der Waals surface area (Å²) in [5.41, 5.74) is 3.73. The van der Waals surface area contributed by atoms with E-state index < -0.39 is 29.5 Å². The molecule has 12 heteroatoms. The third kappa shape index (κ3) is 8.56. The quantitative estimate of drug-likeness (QED) is 0.142. The van der Waals surface area contributed by atoms with Crippen LogP contribution in [-0.2, 0) is 24.1 Å². The van der Waals surface area contributed by atoms with Gasteiger partial charge >= 0.3 is 12.1 Å². The molecule has 0 saturated carbocycles. The van der Waals surface area contributed by atoms with Crippen molar-refractivity contribution in [2.75, 3.05) is 31.5 Å². The Morgan fingerprint density at radius 1 is 0.942 bits per heavy atom. The Morgan fingerprint density at radius 3 is 2.33 bits per heavy atom. The SMILES string of the molecule is Cc1cc(/C=C/c2cccc(-c3cccc(NC(=O)c4ccc(CN5CC[C@@H](O)C5)cn4)c3C)c2C(F)(F)F)c(Cl)cc1CN1CC[C@@H](C(=O)O)C1. The molecule has 52 heavy (non-hydrogen) atoms. The van der Waals surface area contributed by atoms with Crippen LogP contribution in [0, 0.1) is 19.8 Å². The number of carboxylic acids is 1. The second kappa shape index (κ2) is 15.6. The van der Waals surface area contributed by atoms with Crippen molar-refractivity contribution in [3.05, 3.63) is 117 Å². The number of aliphatic hydroxyl groups excluding tert-OH is 1. The maximum Gasteiger partial charge on any atom is 0.417 e. The summed E-state index contributed by atoms with van der Waals surface area (Å²) in [4.78, 5) is 33.0. The first-order valence-electron chi connectivity index (χ1n) is 17.2. The molecule has 2 aliphatic heterocycles. The summed E-state index contributed by atoms with van der Waals surface area (Å²) in [6.07, 6.45) is 0.870. The van der Waals surface area contributed by atoms with Crippen LogP contribution >= 0.6 is 11.6 Å². The molecule has 1 amide bonds. The molecule has 0 radical (unpaired) electrons. The molecular formula is C40H40ClF3N4O4. The lowest BCUT2D eigenvalue weighted by molar-refractivity contribution is -0.141. The second-order valence-corrected chi connectivity index (χ2v) is 14.0. The fourth-order valence-corrected chi connectivity index (χ4v) is 7.26. The lowest BCUT2D eigenvalue weighted by Crippen LogP contribution is -2.23. The second-order valence-electron chi connectivity index (χ2n) is 13.6. The molecule has 2 saturated heterocycles. The van der Waals surface area contributed by atoms with Gasteiger partial charge in [0.15, 0.2) is 0 Å². The summed E-state index contributed by atoms with van der Waals surface area (Å²) < 4.78 is 44.5. The number of hydrogen-bond donors (Lipinski definition) is 3. The standard InChI is InChI=1S/C40H40ClF3N4O4/c1-24-17-28(34(41)18-30(24)22-48-15-13-29(21-48)39(51)52)11-10-27-5-3-7-33(37(27)40(42,43)44)32-6-4-8-35(25(32)2)46-38(50)36-12-9-26(19-45-36)20-47-16-14-31(49)23-47/h3-12,17-19,29,31,49H,13-16,20-23H2,1-2H3,(H,46,50)(H,51,52)/b11-10+/t29-,31-/m1/s1. The van der Waals surface area contributed by atoms with E-state index in [4.69, 9.17) is 11.6 Å². The molecule has 0 aliphatic carbocycles. The summed E-state index contributed by atoms with van der Waals surface area (Å²) in [7, 11) is 0. The van der Waals surface area contributed by atoms with Gasteiger partial charge in [-0.1, -0.05) is 66.2 Å². The monoisotopic (exact) mass is 732 g/mol. The molecule has 6 rings (SSSR count). The van der Waals surface area contributed by atoms with Gasteiger partial charge in [-0.25, -0.2) is 0 Å². The van der Waals surface area contributed by atoms with Gasteiger partial charge in [0.2, 0.25) is 0 Å². The Kier molecular flexibility index (Phi) is 11.2. The third-order valence-electron chi connectivity index (χ3n) is 9.88. The lowest BCUT2D eigenvalue weighted by Gasteiger charge is -2.19. The van der Waals surface area contributed by atoms with Gasteiger partial charge in [-0.3, -0.25) is 24.4 Å². The summed E-state index contributed by atoms with van der Waals surface area (Å²) >= 11 is 6.62. The Labute approximate surface area is 305 Å². The number of carbonyl (C=O) groups excluding carboxylic acids is 1. The molecule has 2 fully saturated rings. The number of nitrogens with one attached hydrogen (secondary N) is 1. The minimum Gasteiger partial charge on any atom is -0.481 e. The first-order valence-corrected chi connectivity index (χ1v) is 17.5. The molecule has 0 spiro atoms. The number of likely N-dealkylation sites (tertiary alicyclic amines) is 2. The highest BCUT2D eigenvalue weighted by Gasteiger charge is 2.36. The molecule has 3 aromatic carbocycles. The number of rotatable bonds is 10. The van der Waals surface area contributed by atoms with Crippen LogP contribution in [0.4, 0.5) is 18.9 Å². The number of benzene rings is 3. The van der Waals surface area contributed by atoms with E-state index in [1.165, 1.54) is 18.2 Å². The van der Waals surface area contributed by atoms with Gasteiger partial charge in [-0.15, -0.1) is 0 Å². The summed E-state index contributed by atoms with van der Waals surface area (Å²) in [5.74, 6) is -1.69. The zero-order chi connectivity index (χ0) is 37.2. The van der Waals surface area contributed by atoms with E-state index in [1.807, 2.05) is 13.0 Å². The minimum absolute atomic E-state index is 0.0272. The largest absolute Gasteiger partial charge is 0.481 e. The molecule has 4 aromatic rings. The smallest absolute Gasteiger partial charge is 0.417 e. The predicted molar refractivity (Wildman–Crippen MR) is 196 cm³/mol. The maximum absolute atomic E-state index is 14.8. The molecule has 1 aromatic heterocycles. The van der Waals surface area contributed by atoms with Crippen LogP contribution < -0.4 is 5.32 Å². The Bertz CT molecular complexity index is 2000. The Hall–Kier alpha value is -4.55. The number of aromatic nitrogens is 1. The zero-order valence-electron chi connectivity index (χ0n) is 28.9. The number of alkyl halides is 3. The van der Waals surface area contributed by atoms with Gasteiger partial charge in [-0.05, 0) is 95.9 Å². The average Bonchev–Trinajstić information content (AvgIpc) is 3.75. The number of carboxylic acid groups (broad SMARTS) is 1. The predicted octanol–water partition coefficient (Wildman–Crippen LogP) is 7.93. The van der Waals surface area contributed by atoms with Crippen molar-refractivity contribution in [3.8, 4) is 11.1 Å². The number of β-amino-alcohol motifs (C(OH)–C–C–N with tert-alkyl or cyclic N) is 1. The van der Waals surface area contributed by atoms with E-state index in [0.29, 0.717) is 66.5 Å². The molecule has 3 N–H and O–H groups in total. The molecule has 2 aliphatic rings. The zero-order valence-corrected chi connectivity index (χ0v) is 29.6. The van der Waals surface area contributed by atoms with Crippen molar-refractivity contribution in [3.63, 3.8) is 0 Å². The molecule has 3 heterocycles. The van der Waals surface area contributed by atoms with E-state index in [-0.39, 0.29) is 22.9 Å². The highest BCUT2D eigenvalue weighted by molar-refractivity contribution is 6.32. The number of halogens is 4. The maximum atomic E-state index is 14.8. The van der Waals surface area contributed by atoms with Crippen LogP contribution in [0.1, 0.15) is 62.3 Å². The third-order valence-corrected chi connectivity index (χ3v) is 10.2. The normalized spacial score (nSPS) is 18.4. The van der Waals surface area contributed by atoms with Crippen molar-refractivity contribution in [2.45, 2.75) is 52.1 Å². The number of amides is 1. The number of anilines is 1. The van der Waals surface area contributed by atoms with E-state index in [9.17, 15) is 33.0 Å². The number of aryl methyl sites for hydroxylation is 1. The summed E-state index contributed by atoms with van der Waals surface area (Å²) in [5, 5.41) is 22.3. The van der Waals surface area contributed by atoms with E-state index in [1.54, 1.807) is 61.7 Å². The van der Waals surface area contributed by atoms with Crippen LogP contribution in [0.2, 0.25) is 5.02 Å². The number of pyridine rings is 1. The van der Waals surface area contributed by atoms with Gasteiger partial charge in [0.05, 0.1) is 17.6 Å². The van der Waals surface area contributed by atoms with Crippen LogP contribution in [-0.4, -0.2) is 69.2 Å². The van der Waals surface area contributed by atoms with Crippen molar-refractivity contribution < 1.29 is 33.0 Å². The topological polar surface area (TPSA) is 106 Å². The fraction of sp³-hybridized carbons (Fsp3) is 0.325. The Morgan fingerprint density at radius 2 is 1.65 bits per heavy atom. The van der Waals surface area contributed by atoms with Gasteiger partial charge in [-0.2, -0.15) is 13.2 Å². The van der Waals surface area contributed by atoms with Crippen molar-refractivity contribution in [1.82, 2.24) is 14.8 Å². The van der Waals surface area contributed by atoms with E-state index in [2.05, 4.69) is 20.1 Å². The highest BCUT2D eigenvalue weighted by atomic mass is 35.5. The first kappa shape index (κ1) is 37.2. The van der Waals surface area contributed by atoms with E-state index >= 15 is 0 Å². The van der Waals surface area contributed by atoms with Crippen LogP contribution in [0.25, 0.3) is 23.3 Å². The average molecular weight is 733 g/mol. The molecule has 0 unspecified atom stereocenters. The molecule has 8 nitrogen and oxygen atoms in total. The number of carbonyl (C=O) groups is 2. The first-order chi connectivity index (χ1) is 24.8. The number of aliphatic carboxylic acids is 1. The van der Waals surface area contributed by atoms with Crippen molar-refractivity contribution in [1.29, 1.82) is 0 Å². The van der Waals surface area contributed by atoms with Crippen LogP contribution in [0.15, 0.2) is 66.9 Å². The van der Waals surface area contributed by atoms with Gasteiger partial charge in [0.1, 0.15) is 5.69 Å². The van der Waals surface area contributed by atoms with E-state index in [0.717, 1.165) is 29.7 Å². The van der Waals surface area contributed by atoms with Crippen LogP contribution in [0.5, 0.6) is 0 Å². The molecule has 272 valence electrons. The highest BCUT2D eigenvalue weighted by Crippen LogP contribution is 2.42. The van der Waals surface area contributed by atoms with Gasteiger partial charge in [0, 0.05) is 49.6 Å². The number of nitrogens with zero attached hydrogens (tertiary/aromatic N) is 3. The summed E-state index contributed by atoms with van der Waals surface area (Å²) in [6, 6.07) is 16.3. The molecule has 0 bridgehead atoms. The van der Waals surface area contributed by atoms with Gasteiger partial charge in [0.25, 0.3) is 5.91 Å². The lowest BCUT2D eigenvalue weighted by atomic mass is 9.91.